The maximum Gasteiger partial charge on any atom is 0.225 e. The summed E-state index contributed by atoms with van der Waals surface area (Å²) in [4.78, 5) is 25.2. The smallest absolute Gasteiger partial charge is 0.225 e. The molecule has 1 unspecified atom stereocenters. The zero-order chi connectivity index (χ0) is 14.5. The number of nitrogens with zero attached hydrogens (tertiary/aromatic N) is 1. The third-order valence-electron chi connectivity index (χ3n) is 4.03. The Labute approximate surface area is 116 Å². The highest BCUT2D eigenvalue weighted by Crippen LogP contribution is 2.31. The fourth-order valence-electron chi connectivity index (χ4n) is 2.39. The van der Waals surface area contributed by atoms with Crippen LogP contribution in [0.1, 0.15) is 33.1 Å². The van der Waals surface area contributed by atoms with Gasteiger partial charge in [0, 0.05) is 32.5 Å². The molecule has 1 fully saturated rings. The number of nitrogens with one attached hydrogen (secondary N) is 2. The van der Waals surface area contributed by atoms with Crippen molar-refractivity contribution in [2.24, 2.45) is 11.3 Å². The molecule has 1 rings (SSSR count). The van der Waals surface area contributed by atoms with Gasteiger partial charge in [-0.25, -0.2) is 0 Å². The van der Waals surface area contributed by atoms with Gasteiger partial charge in [-0.1, -0.05) is 13.8 Å². The summed E-state index contributed by atoms with van der Waals surface area (Å²) in [5.74, 6) is 0.455. The van der Waals surface area contributed by atoms with Gasteiger partial charge in [0.15, 0.2) is 0 Å². The number of rotatable bonds is 5. The first kappa shape index (κ1) is 16.0. The minimum atomic E-state index is -0.380. The van der Waals surface area contributed by atoms with Crippen LogP contribution in [-0.4, -0.2) is 50.4 Å². The lowest BCUT2D eigenvalue weighted by Gasteiger charge is -2.36. The lowest BCUT2D eigenvalue weighted by Crippen LogP contribution is -2.47. The van der Waals surface area contributed by atoms with E-state index in [1.807, 2.05) is 13.8 Å². The molecule has 2 amide bonds. The van der Waals surface area contributed by atoms with Gasteiger partial charge in [-0.15, -0.1) is 0 Å². The van der Waals surface area contributed by atoms with Crippen molar-refractivity contribution in [3.63, 3.8) is 0 Å². The maximum atomic E-state index is 12.3. The van der Waals surface area contributed by atoms with Gasteiger partial charge in [0.25, 0.3) is 0 Å². The van der Waals surface area contributed by atoms with Gasteiger partial charge in [-0.2, -0.15) is 0 Å². The lowest BCUT2D eigenvalue weighted by molar-refractivity contribution is -0.133. The van der Waals surface area contributed by atoms with Crippen LogP contribution in [0.5, 0.6) is 0 Å². The van der Waals surface area contributed by atoms with E-state index in [0.717, 1.165) is 25.9 Å². The molecule has 1 saturated heterocycles. The SMILES string of the molecule is CN(C)C(=O)CCNC(=O)C(C)(C)C1CCCNC1. The molecule has 1 atom stereocenters. The zero-order valence-corrected chi connectivity index (χ0v) is 12.6. The average molecular weight is 269 g/mol. The van der Waals surface area contributed by atoms with Crippen LogP contribution in [0.15, 0.2) is 0 Å². The van der Waals surface area contributed by atoms with E-state index in [2.05, 4.69) is 10.6 Å². The summed E-state index contributed by atoms with van der Waals surface area (Å²) in [7, 11) is 3.45. The highest BCUT2D eigenvalue weighted by atomic mass is 16.2. The molecule has 5 heteroatoms. The first-order valence-corrected chi connectivity index (χ1v) is 7.05. The van der Waals surface area contributed by atoms with Crippen molar-refractivity contribution in [2.45, 2.75) is 33.1 Å². The molecule has 1 aliphatic heterocycles. The van der Waals surface area contributed by atoms with E-state index in [0.29, 0.717) is 18.9 Å². The summed E-state index contributed by atoms with van der Waals surface area (Å²) in [6.07, 6.45) is 2.57. The highest BCUT2D eigenvalue weighted by Gasteiger charge is 2.36. The summed E-state index contributed by atoms with van der Waals surface area (Å²) in [6, 6.07) is 0. The second-order valence-electron chi connectivity index (χ2n) is 6.06. The maximum absolute atomic E-state index is 12.3. The number of carbonyl (C=O) groups excluding carboxylic acids is 2. The van der Waals surface area contributed by atoms with E-state index >= 15 is 0 Å². The van der Waals surface area contributed by atoms with Crippen LogP contribution in [0, 0.1) is 11.3 Å². The molecule has 0 aromatic heterocycles. The number of carbonyl (C=O) groups is 2. The van der Waals surface area contributed by atoms with E-state index < -0.39 is 0 Å². The number of amides is 2. The normalized spacial score (nSPS) is 19.9. The van der Waals surface area contributed by atoms with Gasteiger partial charge in [0.05, 0.1) is 0 Å². The Hall–Kier alpha value is -1.10. The second-order valence-corrected chi connectivity index (χ2v) is 6.06. The third kappa shape index (κ3) is 4.49. The van der Waals surface area contributed by atoms with E-state index in [1.165, 1.54) is 0 Å². The Balaban J connectivity index is 2.40. The van der Waals surface area contributed by atoms with Crippen molar-refractivity contribution in [1.29, 1.82) is 0 Å². The van der Waals surface area contributed by atoms with Crippen molar-refractivity contribution in [2.75, 3.05) is 33.7 Å². The molecular weight excluding hydrogens is 242 g/mol. The van der Waals surface area contributed by atoms with E-state index in [9.17, 15) is 9.59 Å². The first-order chi connectivity index (χ1) is 8.85. The molecule has 2 N–H and O–H groups in total. The summed E-state index contributed by atoms with van der Waals surface area (Å²) in [5.41, 5.74) is -0.380. The summed E-state index contributed by atoms with van der Waals surface area (Å²) in [6.45, 7) is 6.35. The van der Waals surface area contributed by atoms with Gasteiger partial charge in [-0.3, -0.25) is 9.59 Å². The molecule has 0 bridgehead atoms. The molecule has 110 valence electrons. The van der Waals surface area contributed by atoms with Crippen molar-refractivity contribution < 1.29 is 9.59 Å². The molecule has 0 aromatic rings. The van der Waals surface area contributed by atoms with E-state index in [1.54, 1.807) is 19.0 Å². The van der Waals surface area contributed by atoms with Gasteiger partial charge in [0.2, 0.25) is 11.8 Å². The van der Waals surface area contributed by atoms with Crippen LogP contribution < -0.4 is 10.6 Å². The standard InChI is InChI=1S/C14H27N3O2/c1-14(2,11-6-5-8-15-10-11)13(19)16-9-7-12(18)17(3)4/h11,15H,5-10H2,1-4H3,(H,16,19). The van der Waals surface area contributed by atoms with Crippen LogP contribution in [0.25, 0.3) is 0 Å². The summed E-state index contributed by atoms with van der Waals surface area (Å²) < 4.78 is 0. The largest absolute Gasteiger partial charge is 0.355 e. The fraction of sp³-hybridized carbons (Fsp3) is 0.857. The van der Waals surface area contributed by atoms with Crippen LogP contribution in [-0.2, 0) is 9.59 Å². The molecule has 1 aliphatic rings. The second kappa shape index (κ2) is 6.89. The van der Waals surface area contributed by atoms with Gasteiger partial charge >= 0.3 is 0 Å². The Bertz CT molecular complexity index is 321. The average Bonchev–Trinajstić information content (AvgIpc) is 2.39. The number of hydrogen-bond acceptors (Lipinski definition) is 3. The lowest BCUT2D eigenvalue weighted by atomic mass is 9.74. The molecule has 0 spiro atoms. The molecule has 1 heterocycles. The molecule has 0 radical (unpaired) electrons. The Morgan fingerprint density at radius 1 is 1.37 bits per heavy atom. The van der Waals surface area contributed by atoms with Gasteiger partial charge in [-0.05, 0) is 31.8 Å². The molecule has 19 heavy (non-hydrogen) atoms. The van der Waals surface area contributed by atoms with Crippen LogP contribution in [0.3, 0.4) is 0 Å². The van der Waals surface area contributed by atoms with Crippen LogP contribution >= 0.6 is 0 Å². The van der Waals surface area contributed by atoms with Gasteiger partial charge in [0.1, 0.15) is 0 Å². The quantitative estimate of drug-likeness (QED) is 0.768. The Kier molecular flexibility index (Phi) is 5.79. The van der Waals surface area contributed by atoms with Crippen molar-refractivity contribution >= 4 is 11.8 Å². The molecule has 5 nitrogen and oxygen atoms in total. The molecule has 0 saturated carbocycles. The predicted octanol–water partition coefficient (Wildman–Crippen LogP) is 0.607. The Morgan fingerprint density at radius 3 is 2.58 bits per heavy atom. The zero-order valence-electron chi connectivity index (χ0n) is 12.6. The summed E-state index contributed by atoms with van der Waals surface area (Å²) >= 11 is 0. The van der Waals surface area contributed by atoms with E-state index in [-0.39, 0.29) is 17.2 Å². The van der Waals surface area contributed by atoms with Crippen LogP contribution in [0.4, 0.5) is 0 Å². The number of piperidine rings is 1. The minimum absolute atomic E-state index is 0.0393. The molecular formula is C14H27N3O2. The molecule has 0 aliphatic carbocycles. The summed E-state index contributed by atoms with van der Waals surface area (Å²) in [5, 5.41) is 6.24. The molecule has 0 aromatic carbocycles. The Morgan fingerprint density at radius 2 is 2.05 bits per heavy atom. The minimum Gasteiger partial charge on any atom is -0.355 e. The van der Waals surface area contributed by atoms with Gasteiger partial charge < -0.3 is 15.5 Å². The van der Waals surface area contributed by atoms with E-state index in [4.69, 9.17) is 0 Å². The number of hydrogen-bond donors (Lipinski definition) is 2. The van der Waals surface area contributed by atoms with Crippen molar-refractivity contribution in [3.05, 3.63) is 0 Å². The van der Waals surface area contributed by atoms with Crippen molar-refractivity contribution in [1.82, 2.24) is 15.5 Å². The topological polar surface area (TPSA) is 61.4 Å². The third-order valence-corrected chi connectivity index (χ3v) is 4.03. The van der Waals surface area contributed by atoms with Crippen molar-refractivity contribution in [3.8, 4) is 0 Å². The highest BCUT2D eigenvalue weighted by molar-refractivity contribution is 5.83. The monoisotopic (exact) mass is 269 g/mol. The fourth-order valence-corrected chi connectivity index (χ4v) is 2.39. The first-order valence-electron chi connectivity index (χ1n) is 7.05. The van der Waals surface area contributed by atoms with Crippen LogP contribution in [0.2, 0.25) is 0 Å². The predicted molar refractivity (Wildman–Crippen MR) is 75.7 cm³/mol.